The second kappa shape index (κ2) is 5.42. The van der Waals surface area contributed by atoms with Gasteiger partial charge < -0.3 is 0 Å². The largest absolute Gasteiger partial charge is 0.288 e. The maximum Gasteiger partial charge on any atom is 0.203 e. The average Bonchev–Trinajstić information content (AvgIpc) is 2.89. The quantitative estimate of drug-likeness (QED) is 0.718. The van der Waals surface area contributed by atoms with E-state index in [1.807, 2.05) is 12.1 Å². The van der Waals surface area contributed by atoms with Gasteiger partial charge in [0.2, 0.25) is 5.78 Å². The fourth-order valence-electron chi connectivity index (χ4n) is 3.51. The second-order valence-corrected chi connectivity index (χ2v) is 7.45. The molecule has 0 saturated heterocycles. The van der Waals surface area contributed by atoms with E-state index in [0.717, 1.165) is 23.3 Å². The van der Waals surface area contributed by atoms with Crippen LogP contribution in [-0.4, -0.2) is 5.78 Å². The zero-order valence-corrected chi connectivity index (χ0v) is 13.0. The Morgan fingerprint density at radius 1 is 1.05 bits per heavy atom. The second-order valence-electron chi connectivity index (χ2n) is 6.31. The Labute approximate surface area is 130 Å². The van der Waals surface area contributed by atoms with Crippen molar-refractivity contribution >= 4 is 17.1 Å². The van der Waals surface area contributed by atoms with Crippen LogP contribution in [0.25, 0.3) is 0 Å². The summed E-state index contributed by atoms with van der Waals surface area (Å²) in [5, 5.41) is 0. The molecule has 2 aliphatic rings. The molecule has 1 aromatic carbocycles. The number of benzene rings is 1. The van der Waals surface area contributed by atoms with Crippen LogP contribution in [0.2, 0.25) is 0 Å². The molecule has 0 amide bonds. The van der Waals surface area contributed by atoms with Crippen LogP contribution in [0.1, 0.15) is 69.3 Å². The molecule has 1 nitrogen and oxygen atoms in total. The van der Waals surface area contributed by atoms with E-state index in [4.69, 9.17) is 0 Å². The first-order valence-electron chi connectivity index (χ1n) is 8.08. The van der Waals surface area contributed by atoms with E-state index in [9.17, 15) is 4.79 Å². The van der Waals surface area contributed by atoms with E-state index in [-0.39, 0.29) is 5.78 Å². The predicted molar refractivity (Wildman–Crippen MR) is 87.4 cm³/mol. The van der Waals surface area contributed by atoms with Gasteiger partial charge in [0, 0.05) is 10.4 Å². The number of rotatable bonds is 3. The van der Waals surface area contributed by atoms with E-state index in [2.05, 4.69) is 18.2 Å². The maximum absolute atomic E-state index is 12.9. The van der Waals surface area contributed by atoms with Crippen molar-refractivity contribution in [3.05, 3.63) is 56.8 Å². The molecule has 2 heteroatoms. The monoisotopic (exact) mass is 296 g/mol. The van der Waals surface area contributed by atoms with Crippen molar-refractivity contribution in [1.29, 1.82) is 0 Å². The third kappa shape index (κ3) is 2.36. The zero-order chi connectivity index (χ0) is 14.2. The Kier molecular flexibility index (Phi) is 3.42. The van der Waals surface area contributed by atoms with Gasteiger partial charge in [-0.15, -0.1) is 11.3 Å². The number of fused-ring (bicyclic) bond motifs is 1. The first-order valence-corrected chi connectivity index (χ1v) is 8.90. The van der Waals surface area contributed by atoms with Gasteiger partial charge in [0.1, 0.15) is 0 Å². The van der Waals surface area contributed by atoms with E-state index < -0.39 is 0 Å². The van der Waals surface area contributed by atoms with Crippen molar-refractivity contribution in [2.75, 3.05) is 0 Å². The van der Waals surface area contributed by atoms with Crippen molar-refractivity contribution in [2.24, 2.45) is 0 Å². The molecule has 0 atom stereocenters. The first kappa shape index (κ1) is 13.3. The number of aryl methyl sites for hydroxylation is 2. The third-order valence-electron chi connectivity index (χ3n) is 4.97. The number of thiophene rings is 1. The summed E-state index contributed by atoms with van der Waals surface area (Å²) < 4.78 is 0. The molecule has 1 heterocycles. The van der Waals surface area contributed by atoms with Gasteiger partial charge in [0.25, 0.3) is 0 Å². The van der Waals surface area contributed by atoms with Gasteiger partial charge in [-0.25, -0.2) is 0 Å². The summed E-state index contributed by atoms with van der Waals surface area (Å²) in [6.45, 7) is 0. The van der Waals surface area contributed by atoms with E-state index in [0.29, 0.717) is 5.92 Å². The molecular formula is C19H20OS. The van der Waals surface area contributed by atoms with Crippen LogP contribution in [0.15, 0.2) is 30.3 Å². The number of carbonyl (C=O) groups excluding carboxylic acids is 1. The van der Waals surface area contributed by atoms with Gasteiger partial charge in [0.05, 0.1) is 4.88 Å². The van der Waals surface area contributed by atoms with Gasteiger partial charge in [0.15, 0.2) is 0 Å². The standard InChI is InChI=1S/C19H20OS/c20-19(18-12-14-6-1-4-11-17(14)21-18)16-10-3-2-9-15(16)13-7-5-8-13/h2-3,9-10,12-13H,1,4-8,11H2. The lowest BCUT2D eigenvalue weighted by atomic mass is 9.77. The first-order chi connectivity index (χ1) is 10.3. The molecule has 0 bridgehead atoms. The van der Waals surface area contributed by atoms with Crippen LogP contribution in [0.3, 0.4) is 0 Å². The van der Waals surface area contributed by atoms with Gasteiger partial charge in [-0.2, -0.15) is 0 Å². The normalized spacial score (nSPS) is 18.1. The highest BCUT2D eigenvalue weighted by Crippen LogP contribution is 2.39. The molecule has 1 aromatic heterocycles. The fourth-order valence-corrected chi connectivity index (χ4v) is 4.72. The van der Waals surface area contributed by atoms with Crippen LogP contribution in [-0.2, 0) is 12.8 Å². The van der Waals surface area contributed by atoms with E-state index in [1.165, 1.54) is 48.1 Å². The van der Waals surface area contributed by atoms with Gasteiger partial charge in [-0.1, -0.05) is 30.7 Å². The lowest BCUT2D eigenvalue weighted by molar-refractivity contribution is 0.104. The summed E-state index contributed by atoms with van der Waals surface area (Å²) in [4.78, 5) is 15.3. The number of carbonyl (C=O) groups is 1. The predicted octanol–water partition coefficient (Wildman–Crippen LogP) is 5.13. The molecule has 1 saturated carbocycles. The molecular weight excluding hydrogens is 276 g/mol. The highest BCUT2D eigenvalue weighted by Gasteiger charge is 2.26. The molecule has 2 aliphatic carbocycles. The summed E-state index contributed by atoms with van der Waals surface area (Å²) in [7, 11) is 0. The SMILES string of the molecule is O=C(c1cc2c(s1)CCCC2)c1ccccc1C1CCC1. The van der Waals surface area contributed by atoms with E-state index in [1.54, 1.807) is 11.3 Å². The van der Waals surface area contributed by atoms with Gasteiger partial charge in [-0.3, -0.25) is 4.79 Å². The molecule has 0 spiro atoms. The Morgan fingerprint density at radius 3 is 2.62 bits per heavy atom. The van der Waals surface area contributed by atoms with Gasteiger partial charge in [-0.05, 0) is 61.6 Å². The molecule has 0 aliphatic heterocycles. The molecule has 4 rings (SSSR count). The van der Waals surface area contributed by atoms with Crippen molar-refractivity contribution in [2.45, 2.75) is 50.9 Å². The van der Waals surface area contributed by atoms with Crippen LogP contribution in [0.5, 0.6) is 0 Å². The smallest absolute Gasteiger partial charge is 0.203 e. The Morgan fingerprint density at radius 2 is 1.86 bits per heavy atom. The summed E-state index contributed by atoms with van der Waals surface area (Å²) in [5.41, 5.74) is 3.65. The van der Waals surface area contributed by atoms with Crippen LogP contribution < -0.4 is 0 Å². The molecule has 0 radical (unpaired) electrons. The summed E-state index contributed by atoms with van der Waals surface area (Å²) >= 11 is 1.73. The van der Waals surface area contributed by atoms with Crippen LogP contribution >= 0.6 is 11.3 Å². The van der Waals surface area contributed by atoms with Crippen LogP contribution in [0, 0.1) is 0 Å². The summed E-state index contributed by atoms with van der Waals surface area (Å²) in [5.74, 6) is 0.858. The molecule has 2 aromatic rings. The number of hydrogen-bond donors (Lipinski definition) is 0. The van der Waals surface area contributed by atoms with Crippen LogP contribution in [0.4, 0.5) is 0 Å². The zero-order valence-electron chi connectivity index (χ0n) is 12.2. The molecule has 0 N–H and O–H groups in total. The van der Waals surface area contributed by atoms with Gasteiger partial charge >= 0.3 is 0 Å². The minimum Gasteiger partial charge on any atom is -0.288 e. The van der Waals surface area contributed by atoms with Crippen molar-refractivity contribution in [3.8, 4) is 0 Å². The number of hydrogen-bond acceptors (Lipinski definition) is 2. The minimum absolute atomic E-state index is 0.247. The Bertz CT molecular complexity index is 655. The molecule has 0 unspecified atom stereocenters. The van der Waals surface area contributed by atoms with Crippen molar-refractivity contribution in [3.63, 3.8) is 0 Å². The fraction of sp³-hybridized carbons (Fsp3) is 0.421. The average molecular weight is 296 g/mol. The molecule has 108 valence electrons. The van der Waals surface area contributed by atoms with Crippen molar-refractivity contribution in [1.82, 2.24) is 0 Å². The maximum atomic E-state index is 12.9. The lowest BCUT2D eigenvalue weighted by Crippen LogP contribution is -2.13. The highest BCUT2D eigenvalue weighted by molar-refractivity contribution is 7.14. The summed E-state index contributed by atoms with van der Waals surface area (Å²) in [6, 6.07) is 10.4. The van der Waals surface area contributed by atoms with E-state index >= 15 is 0 Å². The lowest BCUT2D eigenvalue weighted by Gasteiger charge is -2.27. The highest BCUT2D eigenvalue weighted by atomic mass is 32.1. The van der Waals surface area contributed by atoms with Crippen molar-refractivity contribution < 1.29 is 4.79 Å². The minimum atomic E-state index is 0.247. The number of ketones is 1. The molecule has 21 heavy (non-hydrogen) atoms. The molecule has 1 fully saturated rings. The third-order valence-corrected chi connectivity index (χ3v) is 6.21. The summed E-state index contributed by atoms with van der Waals surface area (Å²) in [6.07, 6.45) is 8.66. The Hall–Kier alpha value is -1.41. The Balaban J connectivity index is 1.70. The topological polar surface area (TPSA) is 17.1 Å².